The van der Waals surface area contributed by atoms with Crippen LogP contribution in [0.3, 0.4) is 0 Å². The van der Waals surface area contributed by atoms with E-state index in [-0.39, 0.29) is 32.7 Å². The fourth-order valence-electron chi connectivity index (χ4n) is 7.84. The smallest absolute Gasteiger partial charge is 0.143 e. The third-order valence-corrected chi connectivity index (χ3v) is 10.2. The Balaban J connectivity index is 1.21. The normalized spacial score (nSPS) is 15.2. The van der Waals surface area contributed by atoms with Crippen molar-refractivity contribution in [3.05, 3.63) is 194 Å². The molecule has 0 radical (unpaired) electrons. The van der Waals surface area contributed by atoms with Gasteiger partial charge in [0.25, 0.3) is 0 Å². The van der Waals surface area contributed by atoms with Gasteiger partial charge in [-0.2, -0.15) is 0 Å². The molecule has 0 fully saturated rings. The Morgan fingerprint density at radius 1 is 0.340 bits per heavy atom. The first-order chi connectivity index (χ1) is 31.7. The predicted molar refractivity (Wildman–Crippen MR) is 225 cm³/mol. The molecule has 0 saturated heterocycles. The van der Waals surface area contributed by atoms with Crippen molar-refractivity contribution in [1.29, 1.82) is 0 Å². The Bertz CT molecular complexity index is 3880. The van der Waals surface area contributed by atoms with E-state index in [1.54, 1.807) is 6.07 Å². The van der Waals surface area contributed by atoms with Crippen molar-refractivity contribution < 1.29 is 22.2 Å². The lowest BCUT2D eigenvalue weighted by molar-refractivity contribution is 0.670. The van der Waals surface area contributed by atoms with Crippen LogP contribution in [0.25, 0.3) is 110 Å². The number of hydrogen-bond acceptors (Lipinski definition) is 1. The lowest BCUT2D eigenvalue weighted by atomic mass is 9.84. The lowest BCUT2D eigenvalue weighted by Gasteiger charge is -2.19. The van der Waals surface area contributed by atoms with Crippen molar-refractivity contribution in [2.75, 3.05) is 0 Å². The fourth-order valence-corrected chi connectivity index (χ4v) is 7.84. The third-order valence-electron chi connectivity index (χ3n) is 10.2. The molecule has 0 bridgehead atoms. The maximum Gasteiger partial charge on any atom is 0.143 e. The SMILES string of the molecule is [2H]c1c([2H])c([2H])c(-c2c3c([2H])c([2H])c([2H])c([2H])c3c(-c3ccc(-c4ccc5c(c4)oc4c(-c6ccc7ccccc7c6)cccc45)c4ccccc34)c3c([2H])c([2H])c([2H])c([2H])c23)c([2H])c1[2H]. The Kier molecular flexibility index (Phi) is 4.36. The van der Waals surface area contributed by atoms with E-state index in [0.29, 0.717) is 16.5 Å². The van der Waals surface area contributed by atoms with Gasteiger partial charge in [0.2, 0.25) is 0 Å². The van der Waals surface area contributed by atoms with Crippen LogP contribution < -0.4 is 0 Å². The number of furan rings is 1. The number of fused-ring (bicyclic) bond motifs is 7. The average molecular weight is 686 g/mol. The molecule has 0 aliphatic rings. The van der Waals surface area contributed by atoms with Gasteiger partial charge in [-0.05, 0) is 100 Å². The minimum absolute atomic E-state index is 0.0758. The van der Waals surface area contributed by atoms with Gasteiger partial charge < -0.3 is 4.42 Å². The van der Waals surface area contributed by atoms with Gasteiger partial charge in [0.15, 0.2) is 0 Å². The van der Waals surface area contributed by atoms with Gasteiger partial charge in [0.1, 0.15) is 11.2 Å². The van der Waals surface area contributed by atoms with Crippen LogP contribution in [0.1, 0.15) is 17.8 Å². The molecule has 0 amide bonds. The molecule has 0 aliphatic carbocycles. The van der Waals surface area contributed by atoms with Crippen molar-refractivity contribution in [3.8, 4) is 44.5 Å². The van der Waals surface area contributed by atoms with Gasteiger partial charge in [0.05, 0.1) is 17.8 Å². The van der Waals surface area contributed by atoms with E-state index >= 15 is 0 Å². The fraction of sp³-hybridized carbons (Fsp3) is 0. The van der Waals surface area contributed by atoms with Crippen LogP contribution in [0.15, 0.2) is 198 Å². The number of benzene rings is 10. The maximum atomic E-state index is 9.42. The molecule has 1 nitrogen and oxygen atoms in total. The van der Waals surface area contributed by atoms with Gasteiger partial charge in [0, 0.05) is 16.3 Å². The molecule has 0 atom stereocenters. The van der Waals surface area contributed by atoms with Crippen LogP contribution in [-0.4, -0.2) is 0 Å². The van der Waals surface area contributed by atoms with Crippen molar-refractivity contribution >= 4 is 65.0 Å². The molecule has 53 heavy (non-hydrogen) atoms. The lowest BCUT2D eigenvalue weighted by Crippen LogP contribution is -1.92. The summed E-state index contributed by atoms with van der Waals surface area (Å²) >= 11 is 0. The third kappa shape index (κ3) is 4.64. The summed E-state index contributed by atoms with van der Waals surface area (Å²) in [5.74, 6) is 0. The molecule has 0 unspecified atom stereocenters. The minimum Gasteiger partial charge on any atom is -0.455 e. The maximum absolute atomic E-state index is 9.42. The van der Waals surface area contributed by atoms with Crippen molar-refractivity contribution in [1.82, 2.24) is 0 Å². The van der Waals surface area contributed by atoms with Gasteiger partial charge in [-0.15, -0.1) is 0 Å². The predicted octanol–water partition coefficient (Wildman–Crippen LogP) is 14.9. The zero-order chi connectivity index (χ0) is 46.2. The summed E-state index contributed by atoms with van der Waals surface area (Å²) in [5, 5.41) is 4.69. The minimum atomic E-state index is -0.717. The summed E-state index contributed by atoms with van der Waals surface area (Å²) in [6, 6.07) is 29.3. The summed E-state index contributed by atoms with van der Waals surface area (Å²) in [4.78, 5) is 0. The van der Waals surface area contributed by atoms with Crippen LogP contribution >= 0.6 is 0 Å². The standard InChI is InChI=1S/C52H32O/c1-2-14-34(15-3-1)50-43-19-8-10-21-45(43)51(46-22-11-9-20-44(46)50)47-30-29-38(40-17-6-7-18-41(40)47)37-27-28-42-48-24-12-23-39(52(48)53-49(42)32-37)36-26-25-33-13-4-5-16-35(33)31-36/h1-32H/i1D,2D,3D,8D,9D,10D,11D,14D,15D,19D,20D,21D,22D. The molecule has 0 spiro atoms. The Morgan fingerprint density at radius 3 is 1.68 bits per heavy atom. The highest BCUT2D eigenvalue weighted by atomic mass is 16.3. The van der Waals surface area contributed by atoms with E-state index in [9.17, 15) is 5.48 Å². The molecule has 1 aromatic heterocycles. The Morgan fingerprint density at radius 2 is 0.925 bits per heavy atom. The number of hydrogen-bond donors (Lipinski definition) is 0. The second-order valence-corrected chi connectivity index (χ2v) is 13.0. The largest absolute Gasteiger partial charge is 0.455 e. The van der Waals surface area contributed by atoms with Gasteiger partial charge in [-0.1, -0.05) is 176 Å². The monoisotopic (exact) mass is 685 g/mol. The van der Waals surface area contributed by atoms with Gasteiger partial charge >= 0.3 is 0 Å². The average Bonchev–Trinajstić information content (AvgIpc) is 3.72. The molecule has 10 aromatic carbocycles. The quantitative estimate of drug-likeness (QED) is 0.168. The molecule has 246 valence electrons. The molecular formula is C52H32O. The molecule has 0 saturated carbocycles. The van der Waals surface area contributed by atoms with Gasteiger partial charge in [-0.25, -0.2) is 0 Å². The molecule has 1 heterocycles. The van der Waals surface area contributed by atoms with Crippen molar-refractivity contribution in [2.45, 2.75) is 0 Å². The van der Waals surface area contributed by atoms with E-state index in [1.165, 1.54) is 0 Å². The zero-order valence-corrected chi connectivity index (χ0v) is 27.9. The second-order valence-electron chi connectivity index (χ2n) is 13.0. The molecular weight excluding hydrogens is 641 g/mol. The molecule has 0 N–H and O–H groups in total. The molecule has 0 aliphatic heterocycles. The number of rotatable bonds is 4. The Labute approximate surface area is 325 Å². The van der Waals surface area contributed by atoms with Crippen LogP contribution in [-0.2, 0) is 0 Å². The summed E-state index contributed by atoms with van der Waals surface area (Å²) in [6.07, 6.45) is 0. The molecule has 11 rings (SSSR count). The highest BCUT2D eigenvalue weighted by Crippen LogP contribution is 2.47. The van der Waals surface area contributed by atoms with E-state index in [4.69, 9.17) is 16.8 Å². The number of para-hydroxylation sites is 1. The summed E-state index contributed by atoms with van der Waals surface area (Å²) in [6.45, 7) is 0. The van der Waals surface area contributed by atoms with Crippen molar-refractivity contribution in [2.24, 2.45) is 0 Å². The zero-order valence-electron chi connectivity index (χ0n) is 40.9. The first-order valence-corrected chi connectivity index (χ1v) is 17.2. The summed E-state index contributed by atoms with van der Waals surface area (Å²) in [7, 11) is 0. The van der Waals surface area contributed by atoms with E-state index in [2.05, 4.69) is 30.3 Å². The second kappa shape index (κ2) is 11.8. The molecule has 1 heteroatoms. The van der Waals surface area contributed by atoms with E-state index in [1.807, 2.05) is 78.9 Å². The topological polar surface area (TPSA) is 13.1 Å². The van der Waals surface area contributed by atoms with Gasteiger partial charge in [-0.3, -0.25) is 0 Å². The first-order valence-electron chi connectivity index (χ1n) is 23.7. The van der Waals surface area contributed by atoms with Crippen molar-refractivity contribution in [3.63, 3.8) is 0 Å². The Hall–Kier alpha value is -6.96. The summed E-state index contributed by atoms with van der Waals surface area (Å²) < 4.78 is 123. The van der Waals surface area contributed by atoms with Crippen LogP contribution in [0.5, 0.6) is 0 Å². The van der Waals surface area contributed by atoms with Crippen LogP contribution in [0.2, 0.25) is 0 Å². The van der Waals surface area contributed by atoms with Crippen LogP contribution in [0.4, 0.5) is 0 Å². The van der Waals surface area contributed by atoms with Crippen LogP contribution in [0, 0.1) is 0 Å². The molecule has 11 aromatic rings. The highest BCUT2D eigenvalue weighted by Gasteiger charge is 2.20. The first kappa shape index (κ1) is 19.6. The highest BCUT2D eigenvalue weighted by molar-refractivity contribution is 6.24. The van der Waals surface area contributed by atoms with E-state index in [0.717, 1.165) is 54.8 Å². The van der Waals surface area contributed by atoms with E-state index < -0.39 is 84.1 Å². The summed E-state index contributed by atoms with van der Waals surface area (Å²) in [5.41, 5.74) is 4.69.